The predicted octanol–water partition coefficient (Wildman–Crippen LogP) is 2.75. The summed E-state index contributed by atoms with van der Waals surface area (Å²) >= 11 is 0. The Morgan fingerprint density at radius 2 is 1.85 bits per heavy atom. The van der Waals surface area contributed by atoms with Gasteiger partial charge in [-0.3, -0.25) is 4.18 Å². The topological polar surface area (TPSA) is 52.6 Å². The Morgan fingerprint density at radius 3 is 2.35 bits per heavy atom. The zero-order valence-electron chi connectivity index (χ0n) is 11.2. The van der Waals surface area contributed by atoms with Crippen LogP contribution in [-0.4, -0.2) is 28.2 Å². The number of hydrogen-bond acceptors (Lipinski definition) is 4. The van der Waals surface area contributed by atoms with Gasteiger partial charge in [-0.2, -0.15) is 21.6 Å². The minimum Gasteiger partial charge on any atom is -0.382 e. The van der Waals surface area contributed by atoms with Gasteiger partial charge in [0.15, 0.2) is 0 Å². The standard InChI is InChI=1S/C12H15F3O4S/c1-8-4-10(12(13,14)15)6-11(5-8)20(16,17)19-9(2)7-18-3/h4-6,9H,7H2,1-3H3. The van der Waals surface area contributed by atoms with Gasteiger partial charge in [-0.1, -0.05) is 0 Å². The van der Waals surface area contributed by atoms with E-state index in [4.69, 9.17) is 8.92 Å². The Kier molecular flexibility index (Phi) is 5.17. The summed E-state index contributed by atoms with van der Waals surface area (Å²) in [6.07, 6.45) is -5.41. The SMILES string of the molecule is COCC(C)OS(=O)(=O)c1cc(C)cc(C(F)(F)F)c1. The number of halogens is 3. The molecule has 0 fully saturated rings. The summed E-state index contributed by atoms with van der Waals surface area (Å²) in [6.45, 7) is 2.84. The zero-order valence-corrected chi connectivity index (χ0v) is 12.0. The van der Waals surface area contributed by atoms with Crippen molar-refractivity contribution < 1.29 is 30.5 Å². The second-order valence-corrected chi connectivity index (χ2v) is 5.92. The minimum absolute atomic E-state index is 0.0111. The Labute approximate surface area is 115 Å². The molecule has 0 N–H and O–H groups in total. The molecule has 0 spiro atoms. The average molecular weight is 312 g/mol. The van der Waals surface area contributed by atoms with E-state index in [1.54, 1.807) is 0 Å². The fourth-order valence-corrected chi connectivity index (χ4v) is 2.79. The lowest BCUT2D eigenvalue weighted by Gasteiger charge is -2.14. The van der Waals surface area contributed by atoms with Gasteiger partial charge in [0.25, 0.3) is 10.1 Å². The van der Waals surface area contributed by atoms with E-state index >= 15 is 0 Å². The van der Waals surface area contributed by atoms with Gasteiger partial charge in [-0.25, -0.2) is 0 Å². The van der Waals surface area contributed by atoms with Gasteiger partial charge in [0, 0.05) is 7.11 Å². The quantitative estimate of drug-likeness (QED) is 0.785. The summed E-state index contributed by atoms with van der Waals surface area (Å²) in [5, 5.41) is 0. The molecule has 0 bridgehead atoms. The first-order valence-corrected chi connectivity index (χ1v) is 7.08. The van der Waals surface area contributed by atoms with Crippen LogP contribution in [0, 0.1) is 6.92 Å². The van der Waals surface area contributed by atoms with Gasteiger partial charge >= 0.3 is 6.18 Å². The summed E-state index contributed by atoms with van der Waals surface area (Å²) in [4.78, 5) is -0.521. The molecule has 0 aliphatic rings. The summed E-state index contributed by atoms with van der Waals surface area (Å²) in [5.41, 5.74) is -0.847. The van der Waals surface area contributed by atoms with Crippen LogP contribution in [0.2, 0.25) is 0 Å². The number of alkyl halides is 3. The van der Waals surface area contributed by atoms with E-state index < -0.39 is 32.9 Å². The Hall–Kier alpha value is -1.12. The monoisotopic (exact) mass is 312 g/mol. The number of rotatable bonds is 5. The zero-order chi connectivity index (χ0) is 15.6. The number of aryl methyl sites for hydroxylation is 1. The maximum atomic E-state index is 12.7. The number of benzene rings is 1. The molecule has 8 heteroatoms. The van der Waals surface area contributed by atoms with Crippen LogP contribution >= 0.6 is 0 Å². The fourth-order valence-electron chi connectivity index (χ4n) is 1.59. The van der Waals surface area contributed by atoms with Crippen molar-refractivity contribution in [3.8, 4) is 0 Å². The smallest absolute Gasteiger partial charge is 0.382 e. The molecule has 1 aromatic carbocycles. The minimum atomic E-state index is -4.62. The van der Waals surface area contributed by atoms with Crippen molar-refractivity contribution in [3.63, 3.8) is 0 Å². The third-order valence-electron chi connectivity index (χ3n) is 2.36. The lowest BCUT2D eigenvalue weighted by Crippen LogP contribution is -2.20. The van der Waals surface area contributed by atoms with Crippen LogP contribution in [0.15, 0.2) is 23.1 Å². The van der Waals surface area contributed by atoms with Gasteiger partial charge < -0.3 is 4.74 Å². The molecule has 0 heterocycles. The highest BCUT2D eigenvalue weighted by Crippen LogP contribution is 2.32. The molecule has 0 amide bonds. The highest BCUT2D eigenvalue weighted by atomic mass is 32.2. The maximum Gasteiger partial charge on any atom is 0.416 e. The lowest BCUT2D eigenvalue weighted by atomic mass is 10.1. The van der Waals surface area contributed by atoms with E-state index in [0.717, 1.165) is 12.1 Å². The Bertz CT molecular complexity index is 567. The van der Waals surface area contributed by atoms with Crippen LogP contribution in [0.3, 0.4) is 0 Å². The highest BCUT2D eigenvalue weighted by Gasteiger charge is 2.32. The third kappa shape index (κ3) is 4.46. The third-order valence-corrected chi connectivity index (χ3v) is 3.75. The van der Waals surface area contributed by atoms with E-state index in [1.807, 2.05) is 0 Å². The molecular formula is C12H15F3O4S. The van der Waals surface area contributed by atoms with Crippen molar-refractivity contribution in [1.29, 1.82) is 0 Å². The Balaban J connectivity index is 3.16. The maximum absolute atomic E-state index is 12.7. The highest BCUT2D eigenvalue weighted by molar-refractivity contribution is 7.86. The van der Waals surface area contributed by atoms with E-state index in [9.17, 15) is 21.6 Å². The molecule has 114 valence electrons. The summed E-state index contributed by atoms with van der Waals surface area (Å²) in [7, 11) is -2.90. The van der Waals surface area contributed by atoms with Gasteiger partial charge in [0.05, 0.1) is 23.2 Å². The van der Waals surface area contributed by atoms with Crippen molar-refractivity contribution >= 4 is 10.1 Å². The Morgan fingerprint density at radius 1 is 1.25 bits per heavy atom. The number of ether oxygens (including phenoxy) is 1. The molecule has 1 unspecified atom stereocenters. The molecule has 0 aliphatic carbocycles. The van der Waals surface area contributed by atoms with Crippen molar-refractivity contribution in [3.05, 3.63) is 29.3 Å². The van der Waals surface area contributed by atoms with Crippen LogP contribution in [0.1, 0.15) is 18.1 Å². The summed E-state index contributed by atoms with van der Waals surface area (Å²) < 4.78 is 71.3. The molecule has 4 nitrogen and oxygen atoms in total. The first-order valence-electron chi connectivity index (χ1n) is 5.67. The van der Waals surface area contributed by atoms with E-state index in [-0.39, 0.29) is 12.2 Å². The first-order chi connectivity index (χ1) is 9.06. The molecule has 1 rings (SSSR count). The van der Waals surface area contributed by atoms with Crippen LogP contribution < -0.4 is 0 Å². The first kappa shape index (κ1) is 16.9. The largest absolute Gasteiger partial charge is 0.416 e. The molecule has 0 aromatic heterocycles. The van der Waals surface area contributed by atoms with E-state index in [1.165, 1.54) is 21.0 Å². The number of methoxy groups -OCH3 is 1. The second-order valence-electron chi connectivity index (χ2n) is 4.35. The molecule has 0 saturated heterocycles. The van der Waals surface area contributed by atoms with Crippen molar-refractivity contribution in [2.45, 2.75) is 31.0 Å². The van der Waals surface area contributed by atoms with Crippen molar-refractivity contribution in [2.24, 2.45) is 0 Å². The van der Waals surface area contributed by atoms with Gasteiger partial charge in [-0.15, -0.1) is 0 Å². The van der Waals surface area contributed by atoms with E-state index in [0.29, 0.717) is 6.07 Å². The van der Waals surface area contributed by atoms with Crippen LogP contribution in [0.5, 0.6) is 0 Å². The number of hydrogen-bond donors (Lipinski definition) is 0. The van der Waals surface area contributed by atoms with Crippen molar-refractivity contribution in [1.82, 2.24) is 0 Å². The van der Waals surface area contributed by atoms with E-state index in [2.05, 4.69) is 0 Å². The normalized spacial score (nSPS) is 14.3. The second kappa shape index (κ2) is 6.11. The molecule has 1 aromatic rings. The summed E-state index contributed by atoms with van der Waals surface area (Å²) in [5.74, 6) is 0. The average Bonchev–Trinajstić information content (AvgIpc) is 2.26. The van der Waals surface area contributed by atoms with Gasteiger partial charge in [0.1, 0.15) is 0 Å². The van der Waals surface area contributed by atoms with Crippen LogP contribution in [0.25, 0.3) is 0 Å². The fraction of sp³-hybridized carbons (Fsp3) is 0.500. The molecular weight excluding hydrogens is 297 g/mol. The molecule has 0 radical (unpaired) electrons. The van der Waals surface area contributed by atoms with Crippen LogP contribution in [0.4, 0.5) is 13.2 Å². The van der Waals surface area contributed by atoms with Gasteiger partial charge in [0.2, 0.25) is 0 Å². The summed E-state index contributed by atoms with van der Waals surface area (Å²) in [6, 6.07) is 2.56. The van der Waals surface area contributed by atoms with Crippen LogP contribution in [-0.2, 0) is 25.2 Å². The molecule has 0 aliphatic heterocycles. The predicted molar refractivity (Wildman–Crippen MR) is 65.8 cm³/mol. The van der Waals surface area contributed by atoms with Crippen molar-refractivity contribution in [2.75, 3.05) is 13.7 Å². The molecule has 0 saturated carbocycles. The molecule has 20 heavy (non-hydrogen) atoms. The molecule has 1 atom stereocenters. The van der Waals surface area contributed by atoms with Gasteiger partial charge in [-0.05, 0) is 37.6 Å². The lowest BCUT2D eigenvalue weighted by molar-refractivity contribution is -0.137.